The van der Waals surface area contributed by atoms with Crippen molar-refractivity contribution in [1.82, 2.24) is 0 Å². The molecule has 0 aromatic rings. The minimum absolute atomic E-state index is 0.165. The van der Waals surface area contributed by atoms with E-state index in [1.807, 2.05) is 0 Å². The molecule has 15 heteroatoms. The third-order valence-corrected chi connectivity index (χ3v) is 5.09. The van der Waals surface area contributed by atoms with E-state index >= 15 is 0 Å². The number of alkyl halides is 12. The number of rotatable bonds is 9. The zero-order chi connectivity index (χ0) is 21.7. The maximum Gasteiger partial charge on any atom is 0.675 e. The maximum atomic E-state index is 12.5. The van der Waals surface area contributed by atoms with Crippen LogP contribution >= 0.6 is 0 Å². The minimum Gasteiger partial charge on any atom is -0.462 e. The number of halogens is 12. The predicted octanol–water partition coefficient (Wildman–Crippen LogP) is 6.07. The molecule has 0 aliphatic carbocycles. The quantitative estimate of drug-likeness (QED) is 0.243. The highest BCUT2D eigenvalue weighted by atomic mass is 27.2. The summed E-state index contributed by atoms with van der Waals surface area (Å²) >= 11 is -4.67. The van der Waals surface area contributed by atoms with Gasteiger partial charge >= 0.3 is 39.5 Å². The lowest BCUT2D eigenvalue weighted by Gasteiger charge is -2.30. The molecule has 0 radical (unpaired) electrons. The van der Waals surface area contributed by atoms with Crippen LogP contribution in [0.25, 0.3) is 0 Å². The van der Waals surface area contributed by atoms with Gasteiger partial charge in [-0.05, 0) is 5.28 Å². The van der Waals surface area contributed by atoms with Crippen molar-refractivity contribution in [3.8, 4) is 0 Å². The van der Waals surface area contributed by atoms with Gasteiger partial charge in [0.05, 0.1) is 0 Å². The highest BCUT2D eigenvalue weighted by Crippen LogP contribution is 2.39. The molecule has 2 nitrogen and oxygen atoms in total. The minimum atomic E-state index is -6.08. The summed E-state index contributed by atoms with van der Waals surface area (Å²) in [7, 11) is 0. The van der Waals surface area contributed by atoms with Crippen LogP contribution in [0.4, 0.5) is 52.7 Å². The molecule has 0 bridgehead atoms. The van der Waals surface area contributed by atoms with E-state index in [1.54, 1.807) is 6.92 Å². The van der Waals surface area contributed by atoms with E-state index in [-0.39, 0.29) is 12.8 Å². The van der Waals surface area contributed by atoms with Crippen LogP contribution in [0.2, 0.25) is 5.28 Å². The first-order chi connectivity index (χ1) is 11.9. The molecule has 0 rings (SSSR count). The molecule has 0 fully saturated rings. The molecule has 0 aliphatic rings. The van der Waals surface area contributed by atoms with Crippen molar-refractivity contribution in [3.05, 3.63) is 0 Å². The van der Waals surface area contributed by atoms with Gasteiger partial charge in [0.2, 0.25) is 12.2 Å². The molecule has 0 saturated carbocycles. The summed E-state index contributed by atoms with van der Waals surface area (Å²) in [6.07, 6.45) is -32.5. The molecule has 0 atom stereocenters. The Balaban J connectivity index is 5.54. The molecular formula is C12H15AlF12O2. The lowest BCUT2D eigenvalue weighted by molar-refractivity contribution is -0.318. The second-order valence-electron chi connectivity index (χ2n) is 5.48. The van der Waals surface area contributed by atoms with Gasteiger partial charge in [-0.25, -0.2) is 0 Å². The topological polar surface area (TPSA) is 18.5 Å². The first-order valence-electron chi connectivity index (χ1n) is 7.48. The zero-order valence-electron chi connectivity index (χ0n) is 13.6. The van der Waals surface area contributed by atoms with E-state index in [1.165, 1.54) is 0 Å². The van der Waals surface area contributed by atoms with Gasteiger partial charge in [0, 0.05) is 0 Å². The van der Waals surface area contributed by atoms with Gasteiger partial charge in [-0.2, -0.15) is 52.7 Å². The molecule has 0 aromatic heterocycles. The summed E-state index contributed by atoms with van der Waals surface area (Å²) < 4.78 is 157. The van der Waals surface area contributed by atoms with E-state index in [2.05, 4.69) is 7.58 Å². The van der Waals surface area contributed by atoms with Crippen molar-refractivity contribution in [2.75, 3.05) is 0 Å². The van der Waals surface area contributed by atoms with Crippen LogP contribution in [0.1, 0.15) is 32.6 Å². The fourth-order valence-corrected chi connectivity index (χ4v) is 4.07. The number of hydrogen-bond donors (Lipinski definition) is 0. The highest BCUT2D eigenvalue weighted by Gasteiger charge is 2.62. The van der Waals surface area contributed by atoms with Gasteiger partial charge < -0.3 is 7.58 Å². The SMILES string of the molecule is CCCCC[CH2][Al]([O]C(C(F)(F)F)C(F)(F)F)[O]C(C(F)(F)F)C(F)(F)F. The molecule has 27 heavy (non-hydrogen) atoms. The molecule has 0 amide bonds. The fraction of sp³-hybridized carbons (Fsp3) is 1.00. The fourth-order valence-electron chi connectivity index (χ4n) is 1.89. The Bertz CT molecular complexity index is 366. The third-order valence-electron chi connectivity index (χ3n) is 3.06. The van der Waals surface area contributed by atoms with E-state index < -0.39 is 57.0 Å². The molecule has 0 heterocycles. The van der Waals surface area contributed by atoms with Crippen LogP contribution in [-0.4, -0.2) is 51.7 Å². The van der Waals surface area contributed by atoms with Crippen LogP contribution in [-0.2, 0) is 7.58 Å². The molecule has 0 spiro atoms. The van der Waals surface area contributed by atoms with Crippen molar-refractivity contribution in [2.45, 2.75) is 74.8 Å². The van der Waals surface area contributed by atoms with Gasteiger partial charge in [0.15, 0.2) is 0 Å². The van der Waals surface area contributed by atoms with E-state index in [0.717, 1.165) is 0 Å². The summed E-state index contributed by atoms with van der Waals surface area (Å²) in [6, 6.07) is 0. The van der Waals surface area contributed by atoms with E-state index in [4.69, 9.17) is 0 Å². The molecule has 0 saturated heterocycles. The van der Waals surface area contributed by atoms with Crippen molar-refractivity contribution in [2.24, 2.45) is 0 Å². The van der Waals surface area contributed by atoms with Gasteiger partial charge in [0.25, 0.3) is 0 Å². The van der Waals surface area contributed by atoms with Crippen molar-refractivity contribution < 1.29 is 60.3 Å². The van der Waals surface area contributed by atoms with Gasteiger partial charge in [-0.3, -0.25) is 0 Å². The van der Waals surface area contributed by atoms with Crippen LogP contribution in [0.5, 0.6) is 0 Å². The normalized spacial score (nSPS) is 14.3. The highest BCUT2D eigenvalue weighted by molar-refractivity contribution is 6.44. The van der Waals surface area contributed by atoms with Crippen LogP contribution < -0.4 is 0 Å². The third kappa shape index (κ3) is 10.1. The first-order valence-corrected chi connectivity index (χ1v) is 9.24. The van der Waals surface area contributed by atoms with Crippen molar-refractivity contribution >= 4 is 14.8 Å². The summed E-state index contributed by atoms with van der Waals surface area (Å²) in [5.74, 6) is 0. The molecular weight excluding hydrogens is 431 g/mol. The lowest BCUT2D eigenvalue weighted by atomic mass is 10.2. The van der Waals surface area contributed by atoms with Crippen molar-refractivity contribution in [1.29, 1.82) is 0 Å². The van der Waals surface area contributed by atoms with Gasteiger partial charge in [0.1, 0.15) is 0 Å². The van der Waals surface area contributed by atoms with Crippen LogP contribution in [0.15, 0.2) is 0 Å². The average Bonchev–Trinajstić information content (AvgIpc) is 2.39. The van der Waals surface area contributed by atoms with Crippen LogP contribution in [0.3, 0.4) is 0 Å². The smallest absolute Gasteiger partial charge is 0.462 e. The Morgan fingerprint density at radius 2 is 0.926 bits per heavy atom. The molecule has 0 unspecified atom stereocenters. The second-order valence-corrected chi connectivity index (χ2v) is 7.46. The summed E-state index contributed by atoms with van der Waals surface area (Å²) in [6.45, 7) is 1.68. The molecule has 0 aromatic carbocycles. The molecule has 162 valence electrons. The zero-order valence-corrected chi connectivity index (χ0v) is 14.8. The Labute approximate surface area is 150 Å². The molecule has 0 aliphatic heterocycles. The molecule has 0 N–H and O–H groups in total. The number of hydrogen-bond acceptors (Lipinski definition) is 2. The van der Waals surface area contributed by atoms with Gasteiger partial charge in [-0.1, -0.05) is 32.6 Å². The standard InChI is InChI=1S/C6H13.2C3HF6O.Al/c1-3-5-6-4-2;2*4-2(5,6)1(10)3(7,8)9;/h1,3-6H2,2H3;2*1H;/q;2*-1;+2. The largest absolute Gasteiger partial charge is 0.675 e. The number of unbranched alkanes of at least 4 members (excludes halogenated alkanes) is 3. The van der Waals surface area contributed by atoms with E-state index in [9.17, 15) is 52.7 Å². The Morgan fingerprint density at radius 3 is 1.19 bits per heavy atom. The van der Waals surface area contributed by atoms with Gasteiger partial charge in [-0.15, -0.1) is 0 Å². The first kappa shape index (κ1) is 26.6. The summed E-state index contributed by atoms with van der Waals surface area (Å²) in [4.78, 5) is 0. The average molecular weight is 446 g/mol. The Morgan fingerprint density at radius 1 is 0.593 bits per heavy atom. The maximum absolute atomic E-state index is 12.5. The van der Waals surface area contributed by atoms with E-state index in [0.29, 0.717) is 12.8 Å². The lowest BCUT2D eigenvalue weighted by Crippen LogP contribution is -2.52. The van der Waals surface area contributed by atoms with Crippen LogP contribution in [0, 0.1) is 0 Å². The van der Waals surface area contributed by atoms with Crippen molar-refractivity contribution in [3.63, 3.8) is 0 Å². The second kappa shape index (κ2) is 9.89. The Hall–Kier alpha value is -0.388. The predicted molar refractivity (Wildman–Crippen MR) is 68.7 cm³/mol. The summed E-state index contributed by atoms with van der Waals surface area (Å²) in [5, 5.41) is -0.884. The Kier molecular flexibility index (Phi) is 9.75. The monoisotopic (exact) mass is 446 g/mol. The summed E-state index contributed by atoms with van der Waals surface area (Å²) in [5.41, 5.74) is 0.